The maximum atomic E-state index is 12.5. The van der Waals surface area contributed by atoms with Gasteiger partial charge in [-0.2, -0.15) is 0 Å². The van der Waals surface area contributed by atoms with Gasteiger partial charge in [0.25, 0.3) is 0 Å². The smallest absolute Gasteiger partial charge is 0.351 e. The third-order valence-corrected chi connectivity index (χ3v) is 7.16. The summed E-state index contributed by atoms with van der Waals surface area (Å²) in [6.45, 7) is 8.06. The minimum atomic E-state index is -3.28. The molecule has 0 aromatic rings. The van der Waals surface area contributed by atoms with E-state index in [4.69, 9.17) is 9.05 Å². The number of carboxylic acid groups (broad SMARTS) is 1. The number of nitrogens with zero attached hydrogens (tertiary/aromatic N) is 1. The Bertz CT molecular complexity index is 520. The van der Waals surface area contributed by atoms with Gasteiger partial charge < -0.3 is 14.2 Å². The number of fused-ring (bicyclic) bond motifs is 2. The van der Waals surface area contributed by atoms with Gasteiger partial charge in [-0.3, -0.25) is 14.4 Å². The van der Waals surface area contributed by atoms with Crippen LogP contribution in [0.15, 0.2) is 4.99 Å². The minimum absolute atomic E-state index is 0.0954. The molecule has 2 saturated carbocycles. The Hall–Kier alpha value is -0.710. The van der Waals surface area contributed by atoms with Crippen molar-refractivity contribution in [3.05, 3.63) is 0 Å². The van der Waals surface area contributed by atoms with Crippen molar-refractivity contribution >= 4 is 19.3 Å². The summed E-state index contributed by atoms with van der Waals surface area (Å²) in [5.74, 6) is -0.500. The summed E-state index contributed by atoms with van der Waals surface area (Å²) >= 11 is 0. The van der Waals surface area contributed by atoms with Crippen molar-refractivity contribution in [2.45, 2.75) is 47.0 Å². The number of rotatable bonds is 7. The Morgan fingerprint density at radius 1 is 1.36 bits per heavy atom. The number of carboxylic acids is 1. The van der Waals surface area contributed by atoms with Crippen LogP contribution in [-0.4, -0.2) is 36.3 Å². The topological polar surface area (TPSA) is 85.2 Å². The molecule has 2 atom stereocenters. The molecular weight excluding hydrogens is 305 g/mol. The van der Waals surface area contributed by atoms with E-state index in [0.29, 0.717) is 24.5 Å². The second-order valence-corrected chi connectivity index (χ2v) is 8.59. The summed E-state index contributed by atoms with van der Waals surface area (Å²) in [6.07, 6.45) is 2.08. The molecular formula is C15H26NO5P. The molecule has 0 unspecified atom stereocenters. The molecule has 0 amide bonds. The van der Waals surface area contributed by atoms with Crippen LogP contribution in [0.4, 0.5) is 0 Å². The van der Waals surface area contributed by atoms with Gasteiger partial charge in [0.2, 0.25) is 0 Å². The van der Waals surface area contributed by atoms with Gasteiger partial charge in [0.15, 0.2) is 0 Å². The van der Waals surface area contributed by atoms with Crippen LogP contribution in [0.2, 0.25) is 0 Å². The minimum Gasteiger partial charge on any atom is -0.481 e. The van der Waals surface area contributed by atoms with E-state index >= 15 is 0 Å². The van der Waals surface area contributed by atoms with E-state index in [1.807, 2.05) is 13.8 Å². The van der Waals surface area contributed by atoms with Crippen molar-refractivity contribution in [2.24, 2.45) is 21.7 Å². The molecule has 6 nitrogen and oxygen atoms in total. The van der Waals surface area contributed by atoms with Crippen molar-refractivity contribution < 1.29 is 23.5 Å². The van der Waals surface area contributed by atoms with Crippen LogP contribution in [0.3, 0.4) is 0 Å². The summed E-state index contributed by atoms with van der Waals surface area (Å²) in [4.78, 5) is 16.4. The van der Waals surface area contributed by atoms with Crippen LogP contribution in [0.25, 0.3) is 0 Å². The molecule has 1 N–H and O–H groups in total. The maximum absolute atomic E-state index is 12.5. The van der Waals surface area contributed by atoms with Crippen molar-refractivity contribution in [1.82, 2.24) is 0 Å². The fraction of sp³-hybridized carbons (Fsp3) is 0.867. The highest BCUT2D eigenvalue weighted by molar-refractivity contribution is 7.53. The Balaban J connectivity index is 2.29. The normalized spacial score (nSPS) is 31.8. The van der Waals surface area contributed by atoms with Crippen molar-refractivity contribution in [3.63, 3.8) is 0 Å². The maximum Gasteiger partial charge on any atom is 0.351 e. The third kappa shape index (κ3) is 2.55. The van der Waals surface area contributed by atoms with Crippen LogP contribution < -0.4 is 0 Å². The lowest BCUT2D eigenvalue weighted by Crippen LogP contribution is -2.43. The average Bonchev–Trinajstić information content (AvgIpc) is 2.82. The van der Waals surface area contributed by atoms with Gasteiger partial charge >= 0.3 is 13.6 Å². The number of aliphatic imine (C=N–C) groups is 1. The number of carbonyl (C=O) groups is 1. The predicted molar refractivity (Wildman–Crippen MR) is 84.4 cm³/mol. The highest BCUT2D eigenvalue weighted by Crippen LogP contribution is 2.64. The number of hydrogen-bond donors (Lipinski definition) is 1. The highest BCUT2D eigenvalue weighted by Gasteiger charge is 2.67. The molecule has 0 radical (unpaired) electrons. The lowest BCUT2D eigenvalue weighted by atomic mass is 9.68. The van der Waals surface area contributed by atoms with Crippen molar-refractivity contribution in [2.75, 3.05) is 19.5 Å². The van der Waals surface area contributed by atoms with Gasteiger partial charge in [-0.1, -0.05) is 13.8 Å². The monoisotopic (exact) mass is 331 g/mol. The standard InChI is InChI=1S/C15H26NO5P/c1-5-20-22(19,21-6-2)10-16-12-9-11-7-8-15(12,13(17)18)14(11,3)4/h11H,5-10H2,1-4H3,(H,17,18)/b16-12+/t11-,15-/m1/s1. The van der Waals surface area contributed by atoms with E-state index < -0.39 is 19.0 Å². The molecule has 0 spiro atoms. The molecule has 22 heavy (non-hydrogen) atoms. The van der Waals surface area contributed by atoms with Gasteiger partial charge in [0.1, 0.15) is 11.7 Å². The second-order valence-electron chi connectivity index (χ2n) is 6.56. The Morgan fingerprint density at radius 2 is 1.95 bits per heavy atom. The van der Waals surface area contributed by atoms with Crippen molar-refractivity contribution in [3.8, 4) is 0 Å². The number of hydrogen-bond acceptors (Lipinski definition) is 5. The quantitative estimate of drug-likeness (QED) is 0.721. The predicted octanol–water partition coefficient (Wildman–Crippen LogP) is 3.56. The Labute approximate surface area is 131 Å². The third-order valence-electron chi connectivity index (χ3n) is 5.37. The number of aliphatic carboxylic acids is 1. The molecule has 126 valence electrons. The SMILES string of the molecule is CCOP(=O)(C/N=C1\C[C@H]2CC[C@@]1(C(=O)O)C2(C)C)OCC. The molecule has 0 saturated heterocycles. The molecule has 2 aliphatic carbocycles. The van der Waals surface area contributed by atoms with Gasteiger partial charge in [-0.25, -0.2) is 0 Å². The zero-order chi connectivity index (χ0) is 16.6. The van der Waals surface area contributed by atoms with Crippen LogP contribution in [0.1, 0.15) is 47.0 Å². The van der Waals surface area contributed by atoms with Gasteiger partial charge in [-0.05, 0) is 44.4 Å². The summed E-state index contributed by atoms with van der Waals surface area (Å²) in [6, 6.07) is 0. The molecule has 0 heterocycles. The second kappa shape index (κ2) is 6.06. The molecule has 2 fully saturated rings. The molecule has 2 aliphatic rings. The fourth-order valence-corrected chi connectivity index (χ4v) is 5.46. The molecule has 7 heteroatoms. The lowest BCUT2D eigenvalue weighted by Gasteiger charge is -2.34. The van der Waals surface area contributed by atoms with Crippen LogP contribution >= 0.6 is 7.60 Å². The van der Waals surface area contributed by atoms with E-state index in [9.17, 15) is 14.5 Å². The van der Waals surface area contributed by atoms with E-state index in [-0.39, 0.29) is 24.9 Å². The zero-order valence-corrected chi connectivity index (χ0v) is 14.7. The fourth-order valence-electron chi connectivity index (χ4n) is 4.09. The Kier molecular flexibility index (Phi) is 4.86. The van der Waals surface area contributed by atoms with Gasteiger partial charge in [-0.15, -0.1) is 0 Å². The van der Waals surface area contributed by atoms with E-state index in [2.05, 4.69) is 4.99 Å². The molecule has 2 bridgehead atoms. The van der Waals surface area contributed by atoms with E-state index in [1.165, 1.54) is 0 Å². The van der Waals surface area contributed by atoms with Crippen LogP contribution in [0.5, 0.6) is 0 Å². The summed E-state index contributed by atoms with van der Waals surface area (Å²) in [7, 11) is -3.28. The average molecular weight is 331 g/mol. The first-order valence-electron chi connectivity index (χ1n) is 7.89. The van der Waals surface area contributed by atoms with Crippen LogP contribution in [0, 0.1) is 16.7 Å². The first-order chi connectivity index (χ1) is 10.2. The molecule has 0 aliphatic heterocycles. The summed E-state index contributed by atoms with van der Waals surface area (Å²) in [5.41, 5.74) is -0.597. The molecule has 0 aromatic carbocycles. The van der Waals surface area contributed by atoms with E-state index in [1.54, 1.807) is 13.8 Å². The summed E-state index contributed by atoms with van der Waals surface area (Å²) < 4.78 is 23.0. The summed E-state index contributed by atoms with van der Waals surface area (Å²) in [5, 5.41) is 9.82. The van der Waals surface area contributed by atoms with Gasteiger partial charge in [0.05, 0.1) is 13.2 Å². The zero-order valence-electron chi connectivity index (χ0n) is 13.8. The van der Waals surface area contributed by atoms with Crippen molar-refractivity contribution in [1.29, 1.82) is 0 Å². The molecule has 0 aromatic heterocycles. The van der Waals surface area contributed by atoms with E-state index in [0.717, 1.165) is 6.42 Å². The van der Waals surface area contributed by atoms with Crippen LogP contribution in [-0.2, 0) is 18.4 Å². The first kappa shape index (κ1) is 17.6. The van der Waals surface area contributed by atoms with Gasteiger partial charge in [0, 0.05) is 5.71 Å². The Morgan fingerprint density at radius 3 is 2.41 bits per heavy atom. The first-order valence-corrected chi connectivity index (χ1v) is 9.61. The highest BCUT2D eigenvalue weighted by atomic mass is 31.2. The largest absolute Gasteiger partial charge is 0.481 e. The molecule has 2 rings (SSSR count). The lowest BCUT2D eigenvalue weighted by molar-refractivity contribution is -0.148.